The summed E-state index contributed by atoms with van der Waals surface area (Å²) in [7, 11) is 0. The zero-order chi connectivity index (χ0) is 13.3. The number of aliphatic hydroxyl groups is 1. The van der Waals surface area contributed by atoms with E-state index < -0.39 is 5.60 Å². The van der Waals surface area contributed by atoms with Gasteiger partial charge in [0.1, 0.15) is 0 Å². The van der Waals surface area contributed by atoms with Crippen LogP contribution in [0.5, 0.6) is 0 Å². The third-order valence-corrected chi connectivity index (χ3v) is 3.91. The van der Waals surface area contributed by atoms with Crippen molar-refractivity contribution in [1.29, 1.82) is 0 Å². The smallest absolute Gasteiger partial charge is 0.166 e. The van der Waals surface area contributed by atoms with Gasteiger partial charge in [0.15, 0.2) is 5.78 Å². The SMILES string of the molecule is O=C(c1ccccc1)C1CC(O)(c2ccccc2)C1. The standard InChI is InChI=1S/C17H16O2/c18-16(13-7-3-1-4-8-13)14-11-17(19,12-14)15-9-5-2-6-10-15/h1-10,14,19H,11-12H2. The molecule has 1 aliphatic carbocycles. The van der Waals surface area contributed by atoms with Crippen LogP contribution in [0.4, 0.5) is 0 Å². The Morgan fingerprint density at radius 3 is 2.05 bits per heavy atom. The third kappa shape index (κ3) is 2.20. The number of Topliss-reactive ketones (excluding diaryl/α,β-unsaturated/α-hetero) is 1. The molecule has 0 saturated heterocycles. The van der Waals surface area contributed by atoms with Gasteiger partial charge in [0.2, 0.25) is 0 Å². The number of hydrogen-bond acceptors (Lipinski definition) is 2. The van der Waals surface area contributed by atoms with E-state index in [1.807, 2.05) is 60.7 Å². The van der Waals surface area contributed by atoms with Crippen molar-refractivity contribution in [3.05, 3.63) is 71.8 Å². The zero-order valence-corrected chi connectivity index (χ0v) is 10.6. The van der Waals surface area contributed by atoms with Crippen LogP contribution in [0.15, 0.2) is 60.7 Å². The monoisotopic (exact) mass is 252 g/mol. The topological polar surface area (TPSA) is 37.3 Å². The lowest BCUT2D eigenvalue weighted by Crippen LogP contribution is -2.44. The summed E-state index contributed by atoms with van der Waals surface area (Å²) in [6, 6.07) is 18.9. The van der Waals surface area contributed by atoms with Crippen LogP contribution < -0.4 is 0 Å². The number of carbonyl (C=O) groups excluding carboxylic acids is 1. The van der Waals surface area contributed by atoms with Crippen molar-refractivity contribution in [2.45, 2.75) is 18.4 Å². The Hall–Kier alpha value is -1.93. The summed E-state index contributed by atoms with van der Waals surface area (Å²) in [5, 5.41) is 10.5. The number of rotatable bonds is 3. The van der Waals surface area contributed by atoms with Gasteiger partial charge in [-0.3, -0.25) is 4.79 Å². The van der Waals surface area contributed by atoms with E-state index in [0.29, 0.717) is 12.8 Å². The molecule has 0 unspecified atom stereocenters. The highest BCUT2D eigenvalue weighted by Crippen LogP contribution is 2.46. The lowest BCUT2D eigenvalue weighted by atomic mass is 9.65. The maximum Gasteiger partial charge on any atom is 0.166 e. The van der Waals surface area contributed by atoms with E-state index in [9.17, 15) is 9.90 Å². The summed E-state index contributed by atoms with van der Waals surface area (Å²) >= 11 is 0. The van der Waals surface area contributed by atoms with Crippen LogP contribution in [-0.2, 0) is 5.60 Å². The molecule has 0 spiro atoms. The molecule has 0 aliphatic heterocycles. The first-order chi connectivity index (χ1) is 9.19. The largest absolute Gasteiger partial charge is 0.385 e. The molecule has 0 aromatic heterocycles. The predicted molar refractivity (Wildman–Crippen MR) is 73.8 cm³/mol. The van der Waals surface area contributed by atoms with Crippen molar-refractivity contribution in [3.8, 4) is 0 Å². The first-order valence-corrected chi connectivity index (χ1v) is 6.56. The fourth-order valence-corrected chi connectivity index (χ4v) is 2.76. The summed E-state index contributed by atoms with van der Waals surface area (Å²) in [6.07, 6.45) is 1.04. The molecule has 0 atom stereocenters. The molecule has 3 rings (SSSR count). The van der Waals surface area contributed by atoms with Crippen molar-refractivity contribution in [1.82, 2.24) is 0 Å². The van der Waals surface area contributed by atoms with Crippen LogP contribution in [-0.4, -0.2) is 10.9 Å². The Morgan fingerprint density at radius 2 is 1.47 bits per heavy atom. The molecule has 2 aromatic carbocycles. The van der Waals surface area contributed by atoms with E-state index in [4.69, 9.17) is 0 Å². The predicted octanol–water partition coefficient (Wildman–Crippen LogP) is 3.17. The Bertz CT molecular complexity index is 569. The lowest BCUT2D eigenvalue weighted by molar-refractivity contribution is -0.0686. The van der Waals surface area contributed by atoms with Crippen molar-refractivity contribution in [2.24, 2.45) is 5.92 Å². The van der Waals surface area contributed by atoms with Crippen LogP contribution in [0.2, 0.25) is 0 Å². The molecule has 2 heteroatoms. The molecular formula is C17H16O2. The highest BCUT2D eigenvalue weighted by atomic mass is 16.3. The van der Waals surface area contributed by atoms with Gasteiger partial charge in [0, 0.05) is 11.5 Å². The summed E-state index contributed by atoms with van der Waals surface area (Å²) in [5.74, 6) is 0.0776. The fourth-order valence-electron chi connectivity index (χ4n) is 2.76. The molecule has 0 radical (unpaired) electrons. The highest BCUT2D eigenvalue weighted by Gasteiger charge is 2.47. The number of hydrogen-bond donors (Lipinski definition) is 1. The summed E-state index contributed by atoms with van der Waals surface area (Å²) in [4.78, 5) is 12.2. The number of benzene rings is 2. The summed E-state index contributed by atoms with van der Waals surface area (Å²) in [5.41, 5.74) is 0.825. The van der Waals surface area contributed by atoms with Gasteiger partial charge < -0.3 is 5.11 Å². The van der Waals surface area contributed by atoms with Gasteiger partial charge >= 0.3 is 0 Å². The van der Waals surface area contributed by atoms with E-state index in [1.54, 1.807) is 0 Å². The summed E-state index contributed by atoms with van der Waals surface area (Å²) < 4.78 is 0. The molecule has 0 heterocycles. The average molecular weight is 252 g/mol. The van der Waals surface area contributed by atoms with Gasteiger partial charge in [-0.15, -0.1) is 0 Å². The molecule has 0 amide bonds. The van der Waals surface area contributed by atoms with Crippen LogP contribution in [0, 0.1) is 5.92 Å². The molecule has 1 fully saturated rings. The average Bonchev–Trinajstić information content (AvgIpc) is 2.45. The van der Waals surface area contributed by atoms with Gasteiger partial charge in [-0.25, -0.2) is 0 Å². The Kier molecular flexibility index (Phi) is 2.96. The van der Waals surface area contributed by atoms with Gasteiger partial charge in [-0.1, -0.05) is 60.7 Å². The minimum Gasteiger partial charge on any atom is -0.385 e. The maximum absolute atomic E-state index is 12.2. The van der Waals surface area contributed by atoms with Crippen molar-refractivity contribution >= 4 is 5.78 Å². The Labute approximate surface area is 112 Å². The normalized spacial score (nSPS) is 25.6. The molecule has 2 aromatic rings. The van der Waals surface area contributed by atoms with Crippen molar-refractivity contribution < 1.29 is 9.90 Å². The van der Waals surface area contributed by atoms with E-state index in [0.717, 1.165) is 11.1 Å². The molecule has 1 aliphatic rings. The van der Waals surface area contributed by atoms with E-state index in [1.165, 1.54) is 0 Å². The minimum atomic E-state index is -0.823. The third-order valence-electron chi connectivity index (χ3n) is 3.91. The second-order valence-corrected chi connectivity index (χ2v) is 5.23. The first kappa shape index (κ1) is 12.1. The lowest BCUT2D eigenvalue weighted by Gasteiger charge is -2.43. The molecule has 2 nitrogen and oxygen atoms in total. The first-order valence-electron chi connectivity index (χ1n) is 6.56. The number of ketones is 1. The van der Waals surface area contributed by atoms with Crippen molar-refractivity contribution in [2.75, 3.05) is 0 Å². The molecule has 96 valence electrons. The Balaban J connectivity index is 1.72. The van der Waals surface area contributed by atoms with E-state index in [2.05, 4.69) is 0 Å². The van der Waals surface area contributed by atoms with Crippen LogP contribution in [0.1, 0.15) is 28.8 Å². The van der Waals surface area contributed by atoms with Crippen LogP contribution >= 0.6 is 0 Å². The highest BCUT2D eigenvalue weighted by molar-refractivity contribution is 5.98. The van der Waals surface area contributed by atoms with Gasteiger partial charge in [-0.2, -0.15) is 0 Å². The minimum absolute atomic E-state index is 0.0624. The number of carbonyl (C=O) groups is 1. The fraction of sp³-hybridized carbons (Fsp3) is 0.235. The zero-order valence-electron chi connectivity index (χ0n) is 10.6. The second-order valence-electron chi connectivity index (χ2n) is 5.23. The maximum atomic E-state index is 12.2. The second kappa shape index (κ2) is 4.63. The molecular weight excluding hydrogens is 236 g/mol. The van der Waals surface area contributed by atoms with Gasteiger partial charge in [0.25, 0.3) is 0 Å². The van der Waals surface area contributed by atoms with Crippen LogP contribution in [0.25, 0.3) is 0 Å². The van der Waals surface area contributed by atoms with E-state index >= 15 is 0 Å². The molecule has 1 N–H and O–H groups in total. The van der Waals surface area contributed by atoms with Gasteiger partial charge in [0.05, 0.1) is 5.60 Å². The summed E-state index contributed by atoms with van der Waals surface area (Å²) in [6.45, 7) is 0. The molecule has 1 saturated carbocycles. The van der Waals surface area contributed by atoms with Gasteiger partial charge in [-0.05, 0) is 18.4 Å². The van der Waals surface area contributed by atoms with E-state index in [-0.39, 0.29) is 11.7 Å². The quantitative estimate of drug-likeness (QED) is 0.852. The van der Waals surface area contributed by atoms with Crippen LogP contribution in [0.3, 0.4) is 0 Å². The molecule has 0 bridgehead atoms. The molecule has 19 heavy (non-hydrogen) atoms. The Morgan fingerprint density at radius 1 is 0.947 bits per heavy atom. The van der Waals surface area contributed by atoms with Crippen molar-refractivity contribution in [3.63, 3.8) is 0 Å².